The van der Waals surface area contributed by atoms with Crippen molar-refractivity contribution in [1.29, 1.82) is 0 Å². The number of carbonyl (C=O) groups excluding carboxylic acids is 2. The number of rotatable bonds is 10. The average molecular weight is 525 g/mol. The smallest absolute Gasteiger partial charge is 0.396 e. The SMILES string of the molecule is O=C1NNCC(O[C@H](CCO)COCCC(=O)N2CCN(c3ncc(Cl)cn3)CC2)C1C(F)(F)F. The van der Waals surface area contributed by atoms with Crippen LogP contribution in [0.1, 0.15) is 12.8 Å². The van der Waals surface area contributed by atoms with E-state index < -0.39 is 30.2 Å². The van der Waals surface area contributed by atoms with Gasteiger partial charge in [-0.2, -0.15) is 13.2 Å². The Bertz CT molecular complexity index is 842. The first kappa shape index (κ1) is 27.3. The highest BCUT2D eigenvalue weighted by molar-refractivity contribution is 6.30. The Morgan fingerprint density at radius 2 is 1.94 bits per heavy atom. The summed E-state index contributed by atoms with van der Waals surface area (Å²) >= 11 is 5.80. The number of nitrogens with one attached hydrogen (secondary N) is 2. The van der Waals surface area contributed by atoms with Crippen molar-refractivity contribution in [2.75, 3.05) is 57.4 Å². The maximum absolute atomic E-state index is 13.3. The lowest BCUT2D eigenvalue weighted by Gasteiger charge is -2.35. The summed E-state index contributed by atoms with van der Waals surface area (Å²) in [6.45, 7) is 1.41. The van der Waals surface area contributed by atoms with Gasteiger partial charge in [0.05, 0.1) is 49.3 Å². The first-order chi connectivity index (χ1) is 16.7. The molecule has 15 heteroatoms. The highest BCUT2D eigenvalue weighted by Crippen LogP contribution is 2.32. The van der Waals surface area contributed by atoms with Crippen LogP contribution in [-0.4, -0.2) is 103 Å². The van der Waals surface area contributed by atoms with Gasteiger partial charge in [-0.25, -0.2) is 15.4 Å². The third-order valence-corrected chi connectivity index (χ3v) is 5.82. The topological polar surface area (TPSA) is 129 Å². The van der Waals surface area contributed by atoms with Crippen LogP contribution < -0.4 is 15.8 Å². The summed E-state index contributed by atoms with van der Waals surface area (Å²) < 4.78 is 50.8. The van der Waals surface area contributed by atoms with E-state index in [0.717, 1.165) is 0 Å². The van der Waals surface area contributed by atoms with E-state index in [-0.39, 0.29) is 45.1 Å². The molecule has 3 heterocycles. The molecule has 1 aromatic rings. The van der Waals surface area contributed by atoms with Gasteiger partial charge >= 0.3 is 6.18 Å². The van der Waals surface area contributed by atoms with E-state index in [2.05, 4.69) is 15.4 Å². The molecule has 3 N–H and O–H groups in total. The largest absolute Gasteiger partial charge is 0.403 e. The molecule has 11 nitrogen and oxygen atoms in total. The average Bonchev–Trinajstić information content (AvgIpc) is 2.81. The van der Waals surface area contributed by atoms with Gasteiger partial charge in [0.1, 0.15) is 0 Å². The van der Waals surface area contributed by atoms with Crippen LogP contribution in [0.3, 0.4) is 0 Å². The molecule has 2 aliphatic heterocycles. The number of halogens is 4. The van der Waals surface area contributed by atoms with E-state index in [1.54, 1.807) is 4.90 Å². The number of aliphatic hydroxyl groups excluding tert-OH is 1. The molecular weight excluding hydrogens is 497 g/mol. The van der Waals surface area contributed by atoms with Crippen molar-refractivity contribution in [3.05, 3.63) is 17.4 Å². The number of piperazine rings is 1. The molecule has 2 fully saturated rings. The molecule has 0 bridgehead atoms. The van der Waals surface area contributed by atoms with E-state index in [4.69, 9.17) is 21.1 Å². The molecule has 0 saturated carbocycles. The Morgan fingerprint density at radius 1 is 1.26 bits per heavy atom. The van der Waals surface area contributed by atoms with E-state index in [1.165, 1.54) is 12.4 Å². The third-order valence-electron chi connectivity index (χ3n) is 5.63. The summed E-state index contributed by atoms with van der Waals surface area (Å²) in [5.74, 6) is -3.14. The number of anilines is 1. The third kappa shape index (κ3) is 7.87. The minimum Gasteiger partial charge on any atom is -0.396 e. The number of aliphatic hydroxyl groups is 1. The molecule has 0 radical (unpaired) electrons. The molecule has 196 valence electrons. The predicted octanol–water partition coefficient (Wildman–Crippen LogP) is 0.134. The Labute approximate surface area is 204 Å². The van der Waals surface area contributed by atoms with Crippen molar-refractivity contribution >= 4 is 29.4 Å². The Balaban J connectivity index is 1.40. The van der Waals surface area contributed by atoms with Crippen LogP contribution >= 0.6 is 11.6 Å². The summed E-state index contributed by atoms with van der Waals surface area (Å²) in [4.78, 5) is 36.1. The minimum absolute atomic E-state index is 0.0192. The van der Waals surface area contributed by atoms with Crippen LogP contribution in [-0.2, 0) is 19.1 Å². The summed E-state index contributed by atoms with van der Waals surface area (Å²) in [5.41, 5.74) is 4.33. The molecule has 0 spiro atoms. The van der Waals surface area contributed by atoms with E-state index in [9.17, 15) is 27.9 Å². The van der Waals surface area contributed by atoms with E-state index in [1.807, 2.05) is 10.3 Å². The molecule has 35 heavy (non-hydrogen) atoms. The van der Waals surface area contributed by atoms with Gasteiger partial charge in [0.25, 0.3) is 0 Å². The number of ether oxygens (including phenoxy) is 2. The fraction of sp³-hybridized carbons (Fsp3) is 0.700. The van der Waals surface area contributed by atoms with Gasteiger partial charge in [0, 0.05) is 39.3 Å². The molecule has 1 aromatic heterocycles. The molecule has 0 aliphatic carbocycles. The Morgan fingerprint density at radius 3 is 2.57 bits per heavy atom. The Kier molecular flexibility index (Phi) is 9.86. The van der Waals surface area contributed by atoms with Gasteiger partial charge in [0.15, 0.2) is 5.92 Å². The number of nitrogens with zero attached hydrogens (tertiary/aromatic N) is 4. The highest BCUT2D eigenvalue weighted by atomic mass is 35.5. The summed E-state index contributed by atoms with van der Waals surface area (Å²) in [6.07, 6.45) is -4.00. The van der Waals surface area contributed by atoms with Crippen LogP contribution in [0.15, 0.2) is 12.4 Å². The molecule has 2 amide bonds. The molecule has 3 atom stereocenters. The molecule has 2 saturated heterocycles. The van der Waals surface area contributed by atoms with Crippen molar-refractivity contribution in [2.45, 2.75) is 31.2 Å². The van der Waals surface area contributed by atoms with Crippen molar-refractivity contribution < 1.29 is 37.3 Å². The molecule has 0 aromatic carbocycles. The summed E-state index contributed by atoms with van der Waals surface area (Å²) in [5, 5.41) is 9.68. The molecular formula is C20H28ClF3N6O5. The van der Waals surface area contributed by atoms with Crippen molar-refractivity contribution in [2.24, 2.45) is 5.92 Å². The van der Waals surface area contributed by atoms with Crippen LogP contribution in [0.5, 0.6) is 0 Å². The lowest BCUT2D eigenvalue weighted by Crippen LogP contribution is -2.61. The fourth-order valence-electron chi connectivity index (χ4n) is 3.83. The van der Waals surface area contributed by atoms with Gasteiger partial charge in [-0.1, -0.05) is 11.6 Å². The van der Waals surface area contributed by atoms with Gasteiger partial charge in [-0.15, -0.1) is 0 Å². The second kappa shape index (κ2) is 12.6. The zero-order chi connectivity index (χ0) is 25.4. The Hall–Kier alpha value is -2.26. The van der Waals surface area contributed by atoms with Crippen LogP contribution in [0, 0.1) is 5.92 Å². The maximum Gasteiger partial charge on any atom is 0.403 e. The zero-order valence-corrected chi connectivity index (χ0v) is 19.6. The second-order valence-electron chi connectivity index (χ2n) is 8.09. The highest BCUT2D eigenvalue weighted by Gasteiger charge is 2.52. The summed E-state index contributed by atoms with van der Waals surface area (Å²) in [6, 6.07) is 0. The number of hydrogen-bond acceptors (Lipinski definition) is 9. The molecule has 3 rings (SSSR count). The first-order valence-corrected chi connectivity index (χ1v) is 11.5. The van der Waals surface area contributed by atoms with Crippen molar-refractivity contribution in [1.82, 2.24) is 25.7 Å². The first-order valence-electron chi connectivity index (χ1n) is 11.1. The van der Waals surface area contributed by atoms with Crippen LogP contribution in [0.4, 0.5) is 19.1 Å². The predicted molar refractivity (Wildman–Crippen MR) is 117 cm³/mol. The van der Waals surface area contributed by atoms with Gasteiger partial charge in [-0.3, -0.25) is 15.0 Å². The lowest BCUT2D eigenvalue weighted by atomic mass is 9.99. The van der Waals surface area contributed by atoms with Crippen molar-refractivity contribution in [3.8, 4) is 0 Å². The zero-order valence-electron chi connectivity index (χ0n) is 18.8. The standard InChI is InChI=1S/C20H28ClF3N6O5/c21-13-9-25-19(26-10-13)30-5-3-29(4-6-30)16(32)2-8-34-12-14(1-7-31)35-15-11-27-28-18(33)17(15)20(22,23)24/h9-10,14-15,17,27,31H,1-8,11-12H2,(H,28,33)/t14-,15?,17?/m1/s1. The number of alkyl halides is 3. The lowest BCUT2D eigenvalue weighted by molar-refractivity contribution is -0.221. The van der Waals surface area contributed by atoms with Gasteiger partial charge < -0.3 is 24.4 Å². The van der Waals surface area contributed by atoms with Crippen molar-refractivity contribution in [3.63, 3.8) is 0 Å². The number of amides is 2. The van der Waals surface area contributed by atoms with Gasteiger partial charge in [0.2, 0.25) is 17.8 Å². The van der Waals surface area contributed by atoms with Crippen LogP contribution in [0.2, 0.25) is 5.02 Å². The fourth-order valence-corrected chi connectivity index (χ4v) is 3.93. The normalized spacial score (nSPS) is 22.1. The molecule has 2 aliphatic rings. The van der Waals surface area contributed by atoms with Gasteiger partial charge in [-0.05, 0) is 6.42 Å². The van der Waals surface area contributed by atoms with E-state index >= 15 is 0 Å². The minimum atomic E-state index is -4.78. The van der Waals surface area contributed by atoms with Crippen LogP contribution in [0.25, 0.3) is 0 Å². The summed E-state index contributed by atoms with van der Waals surface area (Å²) in [7, 11) is 0. The number of aromatic nitrogens is 2. The molecule has 2 unspecified atom stereocenters. The second-order valence-corrected chi connectivity index (χ2v) is 8.53. The quantitative estimate of drug-likeness (QED) is 0.366. The monoisotopic (exact) mass is 524 g/mol. The number of hydrazine groups is 1. The number of hydrogen-bond donors (Lipinski definition) is 3. The number of carbonyl (C=O) groups is 2. The maximum atomic E-state index is 13.3. The van der Waals surface area contributed by atoms with E-state index in [0.29, 0.717) is 37.1 Å².